The number of aromatic nitrogens is 2. The molecule has 0 aliphatic heterocycles. The first-order chi connectivity index (χ1) is 7.62. The zero-order valence-corrected chi connectivity index (χ0v) is 9.90. The van der Waals surface area contributed by atoms with Crippen LogP contribution in [0.15, 0.2) is 6.07 Å². The van der Waals surface area contributed by atoms with Gasteiger partial charge in [-0.05, 0) is 20.3 Å². The molecule has 0 aliphatic carbocycles. The molecule has 0 saturated heterocycles. The van der Waals surface area contributed by atoms with Gasteiger partial charge in [-0.15, -0.1) is 0 Å². The maximum Gasteiger partial charge on any atom is 0.374 e. The van der Waals surface area contributed by atoms with Gasteiger partial charge >= 0.3 is 5.97 Å². The van der Waals surface area contributed by atoms with Crippen molar-refractivity contribution in [3.05, 3.63) is 17.6 Å². The van der Waals surface area contributed by atoms with Gasteiger partial charge in [0.05, 0.1) is 0 Å². The Labute approximate surface area is 95.1 Å². The Morgan fingerprint density at radius 1 is 1.31 bits per heavy atom. The normalized spacial score (nSPS) is 10.2. The van der Waals surface area contributed by atoms with Crippen molar-refractivity contribution in [3.8, 4) is 0 Å². The van der Waals surface area contributed by atoms with E-state index in [-0.39, 0.29) is 5.82 Å². The van der Waals surface area contributed by atoms with Crippen molar-refractivity contribution in [3.63, 3.8) is 0 Å². The third kappa shape index (κ3) is 2.68. The van der Waals surface area contributed by atoms with Crippen molar-refractivity contribution in [2.75, 3.05) is 18.0 Å². The molecule has 1 N–H and O–H groups in total. The molecule has 0 fully saturated rings. The molecule has 88 valence electrons. The molecule has 5 heteroatoms. The average molecular weight is 223 g/mol. The third-order valence-corrected chi connectivity index (χ3v) is 2.41. The van der Waals surface area contributed by atoms with Crippen LogP contribution in [0.1, 0.15) is 37.1 Å². The molecule has 0 spiro atoms. The Balaban J connectivity index is 3.17. The first kappa shape index (κ1) is 12.4. The van der Waals surface area contributed by atoms with Crippen LogP contribution in [0.5, 0.6) is 0 Å². The zero-order chi connectivity index (χ0) is 12.1. The van der Waals surface area contributed by atoms with E-state index in [1.807, 2.05) is 31.7 Å². The Bertz CT molecular complexity index is 375. The van der Waals surface area contributed by atoms with Crippen LogP contribution in [0.25, 0.3) is 0 Å². The van der Waals surface area contributed by atoms with Gasteiger partial charge in [-0.1, -0.05) is 6.92 Å². The largest absolute Gasteiger partial charge is 0.475 e. The lowest BCUT2D eigenvalue weighted by atomic mass is 10.3. The summed E-state index contributed by atoms with van der Waals surface area (Å²) in [5.74, 6) is -0.515. The maximum atomic E-state index is 10.9. The van der Waals surface area contributed by atoms with Gasteiger partial charge in [0.25, 0.3) is 0 Å². The van der Waals surface area contributed by atoms with Crippen LogP contribution >= 0.6 is 0 Å². The number of aryl methyl sites for hydroxylation is 1. The van der Waals surface area contributed by atoms with Gasteiger partial charge in [0, 0.05) is 24.8 Å². The van der Waals surface area contributed by atoms with E-state index in [1.165, 1.54) is 0 Å². The number of aromatic carboxylic acids is 1. The Kier molecular flexibility index (Phi) is 4.22. The first-order valence-electron chi connectivity index (χ1n) is 5.48. The number of anilines is 1. The number of carboxylic acid groups (broad SMARTS) is 1. The number of hydrogen-bond donors (Lipinski definition) is 1. The highest BCUT2D eigenvalue weighted by atomic mass is 16.4. The number of hydrogen-bond acceptors (Lipinski definition) is 4. The SMILES string of the molecule is CCc1cc(N(CC)CC)nc(C(=O)O)n1. The Hall–Kier alpha value is -1.65. The van der Waals surface area contributed by atoms with Crippen molar-refractivity contribution in [1.82, 2.24) is 9.97 Å². The topological polar surface area (TPSA) is 66.3 Å². The zero-order valence-electron chi connectivity index (χ0n) is 9.90. The van der Waals surface area contributed by atoms with Crippen LogP contribution in [0.4, 0.5) is 5.82 Å². The molecule has 0 saturated carbocycles. The van der Waals surface area contributed by atoms with Gasteiger partial charge in [0.15, 0.2) is 0 Å². The summed E-state index contributed by atoms with van der Waals surface area (Å²) < 4.78 is 0. The fourth-order valence-corrected chi connectivity index (χ4v) is 1.47. The van der Waals surface area contributed by atoms with Crippen LogP contribution in [0.2, 0.25) is 0 Å². The number of rotatable bonds is 5. The minimum Gasteiger partial charge on any atom is -0.475 e. The summed E-state index contributed by atoms with van der Waals surface area (Å²) in [6.07, 6.45) is 0.705. The molecule has 0 atom stereocenters. The number of carbonyl (C=O) groups is 1. The maximum absolute atomic E-state index is 10.9. The van der Waals surface area contributed by atoms with E-state index in [0.717, 1.165) is 18.8 Å². The predicted octanol–water partition coefficient (Wildman–Crippen LogP) is 1.58. The summed E-state index contributed by atoms with van der Waals surface area (Å²) >= 11 is 0. The third-order valence-electron chi connectivity index (χ3n) is 2.41. The lowest BCUT2D eigenvalue weighted by molar-refractivity contribution is 0.0683. The molecule has 0 amide bonds. The van der Waals surface area contributed by atoms with E-state index < -0.39 is 5.97 Å². The van der Waals surface area contributed by atoms with Crippen LogP contribution in [0.3, 0.4) is 0 Å². The summed E-state index contributed by atoms with van der Waals surface area (Å²) in [4.78, 5) is 20.9. The lowest BCUT2D eigenvalue weighted by Crippen LogP contribution is -2.24. The molecular weight excluding hydrogens is 206 g/mol. The second kappa shape index (κ2) is 5.44. The van der Waals surface area contributed by atoms with Gasteiger partial charge < -0.3 is 10.0 Å². The molecule has 1 rings (SSSR count). The summed E-state index contributed by atoms with van der Waals surface area (Å²) in [5.41, 5.74) is 0.759. The number of nitrogens with zero attached hydrogens (tertiary/aromatic N) is 3. The molecule has 0 unspecified atom stereocenters. The second-order valence-electron chi connectivity index (χ2n) is 3.37. The molecule has 0 aliphatic rings. The van der Waals surface area contributed by atoms with Crippen LogP contribution in [0, 0.1) is 0 Å². The van der Waals surface area contributed by atoms with Gasteiger partial charge in [0.1, 0.15) is 5.82 Å². The van der Waals surface area contributed by atoms with Crippen molar-refractivity contribution < 1.29 is 9.90 Å². The van der Waals surface area contributed by atoms with Crippen LogP contribution < -0.4 is 4.90 Å². The quantitative estimate of drug-likeness (QED) is 0.821. The van der Waals surface area contributed by atoms with Gasteiger partial charge in [-0.2, -0.15) is 0 Å². The molecule has 5 nitrogen and oxygen atoms in total. The first-order valence-corrected chi connectivity index (χ1v) is 5.48. The van der Waals surface area contributed by atoms with Crippen molar-refractivity contribution in [2.24, 2.45) is 0 Å². The van der Waals surface area contributed by atoms with E-state index >= 15 is 0 Å². The second-order valence-corrected chi connectivity index (χ2v) is 3.37. The van der Waals surface area contributed by atoms with E-state index in [4.69, 9.17) is 5.11 Å². The van der Waals surface area contributed by atoms with Crippen molar-refractivity contribution in [2.45, 2.75) is 27.2 Å². The summed E-state index contributed by atoms with van der Waals surface area (Å²) in [7, 11) is 0. The highest BCUT2D eigenvalue weighted by molar-refractivity contribution is 5.83. The van der Waals surface area contributed by atoms with E-state index in [1.54, 1.807) is 0 Å². The van der Waals surface area contributed by atoms with E-state index in [9.17, 15) is 4.79 Å². The van der Waals surface area contributed by atoms with Gasteiger partial charge in [-0.3, -0.25) is 0 Å². The minimum atomic E-state index is -1.08. The van der Waals surface area contributed by atoms with E-state index in [0.29, 0.717) is 12.2 Å². The van der Waals surface area contributed by atoms with Crippen molar-refractivity contribution >= 4 is 11.8 Å². The molecule has 0 radical (unpaired) electrons. The molecule has 1 aromatic heterocycles. The summed E-state index contributed by atoms with van der Waals surface area (Å²) in [5, 5.41) is 8.91. The molecule has 1 aromatic rings. The van der Waals surface area contributed by atoms with E-state index in [2.05, 4.69) is 9.97 Å². The fraction of sp³-hybridized carbons (Fsp3) is 0.545. The molecule has 1 heterocycles. The smallest absolute Gasteiger partial charge is 0.374 e. The standard InChI is InChI=1S/C11H17N3O2/c1-4-8-7-9(14(5-2)6-3)13-10(12-8)11(15)16/h7H,4-6H2,1-3H3,(H,15,16). The Morgan fingerprint density at radius 3 is 2.38 bits per heavy atom. The van der Waals surface area contributed by atoms with Crippen LogP contribution in [-0.4, -0.2) is 34.1 Å². The summed E-state index contributed by atoms with van der Waals surface area (Å²) in [6.45, 7) is 7.57. The van der Waals surface area contributed by atoms with Crippen LogP contribution in [-0.2, 0) is 6.42 Å². The van der Waals surface area contributed by atoms with Crippen molar-refractivity contribution in [1.29, 1.82) is 0 Å². The minimum absolute atomic E-state index is 0.124. The Morgan fingerprint density at radius 2 is 1.94 bits per heavy atom. The average Bonchev–Trinajstić information content (AvgIpc) is 2.30. The van der Waals surface area contributed by atoms with Gasteiger partial charge in [0.2, 0.25) is 5.82 Å². The monoisotopic (exact) mass is 223 g/mol. The predicted molar refractivity (Wildman–Crippen MR) is 61.9 cm³/mol. The van der Waals surface area contributed by atoms with Gasteiger partial charge in [-0.25, -0.2) is 14.8 Å². The lowest BCUT2D eigenvalue weighted by Gasteiger charge is -2.20. The molecule has 16 heavy (non-hydrogen) atoms. The molecular formula is C11H17N3O2. The highest BCUT2D eigenvalue weighted by Crippen LogP contribution is 2.13. The highest BCUT2D eigenvalue weighted by Gasteiger charge is 2.12. The summed E-state index contributed by atoms with van der Waals surface area (Å²) in [6, 6.07) is 1.85. The molecule has 0 bridgehead atoms. The fourth-order valence-electron chi connectivity index (χ4n) is 1.47. The number of carboxylic acids is 1. The molecule has 0 aromatic carbocycles.